The highest BCUT2D eigenvalue weighted by atomic mass is 16.6. The lowest BCUT2D eigenvalue weighted by Gasteiger charge is -2.17. The maximum atomic E-state index is 12.7. The van der Waals surface area contributed by atoms with Crippen molar-refractivity contribution in [2.75, 3.05) is 0 Å². The van der Waals surface area contributed by atoms with Crippen molar-refractivity contribution in [1.29, 1.82) is 0 Å². The third kappa shape index (κ3) is 4.42. The topological polar surface area (TPSA) is 29.6 Å². The molecular formula is C20H30O2. The van der Waals surface area contributed by atoms with E-state index in [9.17, 15) is 4.79 Å². The molecule has 0 bridgehead atoms. The molecule has 1 aliphatic carbocycles. The summed E-state index contributed by atoms with van der Waals surface area (Å²) in [5, 5.41) is 0. The molecule has 0 aromatic rings. The molecule has 2 rings (SSSR count). The molecule has 1 heterocycles. The SMILES string of the molecule is C=C(C)C1C/C=C(\C)CC/C=C(/C)CCC2OC2(C)CC1=O. The van der Waals surface area contributed by atoms with Crippen LogP contribution in [0.2, 0.25) is 0 Å². The van der Waals surface area contributed by atoms with Gasteiger partial charge in [0.25, 0.3) is 0 Å². The van der Waals surface area contributed by atoms with Crippen molar-refractivity contribution in [1.82, 2.24) is 0 Å². The number of ether oxygens (including phenoxy) is 1. The van der Waals surface area contributed by atoms with Crippen molar-refractivity contribution in [3.8, 4) is 0 Å². The van der Waals surface area contributed by atoms with Crippen molar-refractivity contribution >= 4 is 5.78 Å². The molecule has 0 amide bonds. The average Bonchev–Trinajstić information content (AvgIpc) is 3.05. The van der Waals surface area contributed by atoms with Gasteiger partial charge in [-0.1, -0.05) is 35.5 Å². The van der Waals surface area contributed by atoms with Gasteiger partial charge in [0.15, 0.2) is 0 Å². The lowest BCUT2D eigenvalue weighted by molar-refractivity contribution is -0.122. The predicted octanol–water partition coefficient (Wildman–Crippen LogP) is 5.15. The van der Waals surface area contributed by atoms with Gasteiger partial charge in [0.1, 0.15) is 5.78 Å². The largest absolute Gasteiger partial charge is 0.366 e. The first kappa shape index (κ1) is 17.2. The predicted molar refractivity (Wildman–Crippen MR) is 91.8 cm³/mol. The Morgan fingerprint density at radius 2 is 1.95 bits per heavy atom. The zero-order valence-corrected chi connectivity index (χ0v) is 14.6. The number of hydrogen-bond acceptors (Lipinski definition) is 2. The molecular weight excluding hydrogens is 272 g/mol. The van der Waals surface area contributed by atoms with Gasteiger partial charge in [-0.3, -0.25) is 4.79 Å². The number of fused-ring (bicyclic) bond motifs is 1. The number of carbonyl (C=O) groups excluding carboxylic acids is 1. The van der Waals surface area contributed by atoms with Gasteiger partial charge < -0.3 is 4.74 Å². The van der Waals surface area contributed by atoms with Crippen molar-refractivity contribution in [3.63, 3.8) is 0 Å². The Hall–Kier alpha value is -1.15. The van der Waals surface area contributed by atoms with E-state index in [1.54, 1.807) is 0 Å². The summed E-state index contributed by atoms with van der Waals surface area (Å²) in [6.45, 7) is 12.4. The zero-order chi connectivity index (χ0) is 16.3. The van der Waals surface area contributed by atoms with E-state index in [0.717, 1.165) is 37.7 Å². The minimum Gasteiger partial charge on any atom is -0.366 e. The third-order valence-electron chi connectivity index (χ3n) is 5.08. The fourth-order valence-electron chi connectivity index (χ4n) is 3.32. The molecule has 2 heteroatoms. The Morgan fingerprint density at radius 3 is 2.64 bits per heavy atom. The normalized spacial score (nSPS) is 38.8. The van der Waals surface area contributed by atoms with Gasteiger partial charge in [-0.15, -0.1) is 0 Å². The second-order valence-electron chi connectivity index (χ2n) is 7.38. The molecule has 0 aromatic carbocycles. The van der Waals surface area contributed by atoms with Crippen LogP contribution in [0.3, 0.4) is 0 Å². The highest BCUT2D eigenvalue weighted by Crippen LogP contribution is 2.44. The number of ketones is 1. The van der Waals surface area contributed by atoms with Crippen LogP contribution < -0.4 is 0 Å². The van der Waals surface area contributed by atoms with Gasteiger partial charge in [-0.05, 0) is 59.8 Å². The van der Waals surface area contributed by atoms with Gasteiger partial charge >= 0.3 is 0 Å². The van der Waals surface area contributed by atoms with Crippen LogP contribution in [0.15, 0.2) is 35.5 Å². The first-order valence-corrected chi connectivity index (χ1v) is 8.49. The number of epoxide rings is 1. The first-order chi connectivity index (χ1) is 10.3. The molecule has 1 aliphatic heterocycles. The van der Waals surface area contributed by atoms with Crippen LogP contribution in [0, 0.1) is 5.92 Å². The Kier molecular flexibility index (Phi) is 5.44. The number of rotatable bonds is 1. The van der Waals surface area contributed by atoms with Gasteiger partial charge in [-0.25, -0.2) is 0 Å². The Bertz CT molecular complexity index is 512. The van der Waals surface area contributed by atoms with Crippen LogP contribution in [0.5, 0.6) is 0 Å². The van der Waals surface area contributed by atoms with Gasteiger partial charge in [-0.2, -0.15) is 0 Å². The third-order valence-corrected chi connectivity index (χ3v) is 5.08. The van der Waals surface area contributed by atoms with Crippen molar-refractivity contribution in [2.45, 2.75) is 77.9 Å². The molecule has 122 valence electrons. The van der Waals surface area contributed by atoms with E-state index in [1.807, 2.05) is 6.92 Å². The maximum Gasteiger partial charge on any atom is 0.143 e. The Balaban J connectivity index is 2.15. The fraction of sp³-hybridized carbons (Fsp3) is 0.650. The van der Waals surface area contributed by atoms with Crippen LogP contribution in [-0.2, 0) is 9.53 Å². The molecule has 1 fully saturated rings. The highest BCUT2D eigenvalue weighted by molar-refractivity contribution is 5.85. The number of Topliss-reactive ketones (excluding diaryl/α,β-unsaturated/α-hetero) is 1. The molecule has 0 N–H and O–H groups in total. The van der Waals surface area contributed by atoms with Crippen molar-refractivity contribution < 1.29 is 9.53 Å². The average molecular weight is 302 g/mol. The molecule has 3 atom stereocenters. The van der Waals surface area contributed by atoms with Gasteiger partial charge in [0.2, 0.25) is 0 Å². The minimum atomic E-state index is -0.242. The molecule has 22 heavy (non-hydrogen) atoms. The Morgan fingerprint density at radius 1 is 1.27 bits per heavy atom. The molecule has 3 unspecified atom stereocenters. The molecule has 2 aliphatic rings. The van der Waals surface area contributed by atoms with Crippen LogP contribution in [0.25, 0.3) is 0 Å². The summed E-state index contributed by atoms with van der Waals surface area (Å²) in [4.78, 5) is 12.7. The summed E-state index contributed by atoms with van der Waals surface area (Å²) < 4.78 is 5.86. The summed E-state index contributed by atoms with van der Waals surface area (Å²) in [7, 11) is 0. The van der Waals surface area contributed by atoms with Crippen LogP contribution in [-0.4, -0.2) is 17.5 Å². The van der Waals surface area contributed by atoms with Crippen LogP contribution in [0.1, 0.15) is 66.2 Å². The van der Waals surface area contributed by atoms with E-state index >= 15 is 0 Å². The summed E-state index contributed by atoms with van der Waals surface area (Å²) in [5.41, 5.74) is 3.53. The summed E-state index contributed by atoms with van der Waals surface area (Å²) in [5.74, 6) is 0.225. The minimum absolute atomic E-state index is 0.0585. The van der Waals surface area contributed by atoms with Gasteiger partial charge in [0.05, 0.1) is 11.7 Å². The Labute approximate surface area is 135 Å². The van der Waals surface area contributed by atoms with E-state index in [1.165, 1.54) is 11.1 Å². The van der Waals surface area contributed by atoms with Crippen LogP contribution >= 0.6 is 0 Å². The number of allylic oxidation sites excluding steroid dienone is 5. The molecule has 0 spiro atoms. The molecule has 2 nitrogen and oxygen atoms in total. The molecule has 0 aromatic heterocycles. The fourth-order valence-corrected chi connectivity index (χ4v) is 3.32. The second kappa shape index (κ2) is 6.95. The number of hydrogen-bond donors (Lipinski definition) is 0. The molecule has 1 saturated heterocycles. The first-order valence-electron chi connectivity index (χ1n) is 8.49. The smallest absolute Gasteiger partial charge is 0.143 e. The standard InChI is InChI=1S/C20H30O2/c1-14(2)17-11-9-15(3)7-6-8-16(4)10-12-19-20(5,22-19)13-18(17)21/h8-9,17,19H,1,6-7,10-13H2,2-5H3/b15-9+,16-8-. The van der Waals surface area contributed by atoms with E-state index in [2.05, 4.69) is 39.5 Å². The second-order valence-corrected chi connectivity index (χ2v) is 7.38. The van der Waals surface area contributed by atoms with E-state index < -0.39 is 0 Å². The highest BCUT2D eigenvalue weighted by Gasteiger charge is 2.53. The lowest BCUT2D eigenvalue weighted by Crippen LogP contribution is -2.23. The van der Waals surface area contributed by atoms with E-state index in [-0.39, 0.29) is 23.4 Å². The quantitative estimate of drug-likeness (QED) is 0.495. The number of carbonyl (C=O) groups is 1. The molecule has 0 radical (unpaired) electrons. The maximum absolute atomic E-state index is 12.7. The molecule has 0 saturated carbocycles. The van der Waals surface area contributed by atoms with Gasteiger partial charge in [0, 0.05) is 12.3 Å². The van der Waals surface area contributed by atoms with E-state index in [0.29, 0.717) is 6.42 Å². The van der Waals surface area contributed by atoms with Crippen LogP contribution in [0.4, 0.5) is 0 Å². The summed E-state index contributed by atoms with van der Waals surface area (Å²) in [6, 6.07) is 0. The van der Waals surface area contributed by atoms with E-state index in [4.69, 9.17) is 4.74 Å². The lowest BCUT2D eigenvalue weighted by atomic mass is 9.85. The summed E-state index contributed by atoms with van der Waals surface area (Å²) >= 11 is 0. The monoisotopic (exact) mass is 302 g/mol. The zero-order valence-electron chi connectivity index (χ0n) is 14.6. The van der Waals surface area contributed by atoms with Crippen molar-refractivity contribution in [2.24, 2.45) is 5.92 Å². The summed E-state index contributed by atoms with van der Waals surface area (Å²) in [6.07, 6.45) is 10.4. The van der Waals surface area contributed by atoms with Crippen molar-refractivity contribution in [3.05, 3.63) is 35.5 Å².